The van der Waals surface area contributed by atoms with Gasteiger partial charge in [-0.15, -0.1) is 0 Å². The molecule has 1 aromatic heterocycles. The fraction of sp³-hybridized carbons (Fsp3) is 0.296. The number of fused-ring (bicyclic) bond motifs is 1. The summed E-state index contributed by atoms with van der Waals surface area (Å²) in [5.41, 5.74) is 3.64. The number of methoxy groups -OCH3 is 1. The first-order chi connectivity index (χ1) is 17.3. The smallest absolute Gasteiger partial charge is 0.344 e. The topological polar surface area (TPSA) is 102 Å². The quantitative estimate of drug-likeness (QED) is 0.310. The van der Waals surface area contributed by atoms with Gasteiger partial charge in [-0.1, -0.05) is 6.07 Å². The minimum atomic E-state index is -0.699. The SMILES string of the molecule is COc1cc(C(C)=O)ccc1OCC(=O)OCC(=O)c1cc(C)n(Cc2ccc3c(c2)OCO3)c1C. The van der Waals surface area contributed by atoms with Crippen molar-refractivity contribution in [3.05, 3.63) is 70.5 Å². The number of hydrogen-bond donors (Lipinski definition) is 0. The van der Waals surface area contributed by atoms with Gasteiger partial charge in [0.15, 0.2) is 42.0 Å². The van der Waals surface area contributed by atoms with E-state index in [0.29, 0.717) is 34.9 Å². The summed E-state index contributed by atoms with van der Waals surface area (Å²) < 4.78 is 28.6. The van der Waals surface area contributed by atoms with Crippen molar-refractivity contribution in [1.82, 2.24) is 4.57 Å². The monoisotopic (exact) mass is 493 g/mol. The molecule has 4 rings (SSSR count). The molecule has 0 bridgehead atoms. The van der Waals surface area contributed by atoms with Crippen LogP contribution in [0.1, 0.15) is 44.6 Å². The molecular formula is C27H27NO8. The first kappa shape index (κ1) is 24.8. The van der Waals surface area contributed by atoms with Crippen molar-refractivity contribution >= 4 is 17.5 Å². The van der Waals surface area contributed by atoms with Gasteiger partial charge >= 0.3 is 5.97 Å². The van der Waals surface area contributed by atoms with Crippen LogP contribution in [0.3, 0.4) is 0 Å². The molecule has 2 aromatic carbocycles. The van der Waals surface area contributed by atoms with E-state index in [0.717, 1.165) is 17.0 Å². The van der Waals surface area contributed by atoms with Crippen LogP contribution in [0.15, 0.2) is 42.5 Å². The van der Waals surface area contributed by atoms with Gasteiger partial charge in [0.05, 0.1) is 7.11 Å². The molecule has 1 aliphatic heterocycles. The number of aromatic nitrogens is 1. The second kappa shape index (κ2) is 10.6. The van der Waals surface area contributed by atoms with Crippen LogP contribution in [-0.4, -0.2) is 49.2 Å². The van der Waals surface area contributed by atoms with Crippen LogP contribution >= 0.6 is 0 Å². The predicted molar refractivity (Wildman–Crippen MR) is 129 cm³/mol. The third-order valence-electron chi connectivity index (χ3n) is 5.93. The maximum Gasteiger partial charge on any atom is 0.344 e. The zero-order valence-electron chi connectivity index (χ0n) is 20.6. The second-order valence-electron chi connectivity index (χ2n) is 8.35. The van der Waals surface area contributed by atoms with E-state index in [1.165, 1.54) is 20.1 Å². The Balaban J connectivity index is 1.34. The lowest BCUT2D eigenvalue weighted by molar-refractivity contribution is -0.144. The van der Waals surface area contributed by atoms with E-state index in [9.17, 15) is 14.4 Å². The minimum absolute atomic E-state index is 0.118. The highest BCUT2D eigenvalue weighted by molar-refractivity contribution is 5.99. The second-order valence-corrected chi connectivity index (χ2v) is 8.35. The molecule has 0 saturated heterocycles. The summed E-state index contributed by atoms with van der Waals surface area (Å²) in [6.45, 7) is 5.17. The molecule has 1 aliphatic rings. The number of carbonyl (C=O) groups is 3. The lowest BCUT2D eigenvalue weighted by Crippen LogP contribution is -2.20. The predicted octanol–water partition coefficient (Wildman–Crippen LogP) is 3.90. The van der Waals surface area contributed by atoms with E-state index in [-0.39, 0.29) is 24.1 Å². The zero-order valence-corrected chi connectivity index (χ0v) is 20.6. The highest BCUT2D eigenvalue weighted by Crippen LogP contribution is 2.33. The molecule has 3 aromatic rings. The summed E-state index contributed by atoms with van der Waals surface area (Å²) in [5, 5.41) is 0. The van der Waals surface area contributed by atoms with Crippen LogP contribution in [-0.2, 0) is 16.1 Å². The molecule has 0 radical (unpaired) electrons. The Labute approximate surface area is 208 Å². The van der Waals surface area contributed by atoms with Gasteiger partial charge in [0.1, 0.15) is 0 Å². The average Bonchev–Trinajstić information content (AvgIpc) is 3.45. The van der Waals surface area contributed by atoms with Gasteiger partial charge in [-0.25, -0.2) is 4.79 Å². The number of carbonyl (C=O) groups excluding carboxylic acids is 3. The van der Waals surface area contributed by atoms with Crippen molar-refractivity contribution < 1.29 is 38.1 Å². The summed E-state index contributed by atoms with van der Waals surface area (Å²) in [7, 11) is 1.44. The molecule has 0 spiro atoms. The average molecular weight is 494 g/mol. The van der Waals surface area contributed by atoms with E-state index in [1.807, 2.05) is 36.6 Å². The molecule has 0 aliphatic carbocycles. The van der Waals surface area contributed by atoms with Crippen LogP contribution < -0.4 is 18.9 Å². The van der Waals surface area contributed by atoms with Crippen molar-refractivity contribution in [2.45, 2.75) is 27.3 Å². The van der Waals surface area contributed by atoms with Gasteiger partial charge < -0.3 is 28.3 Å². The van der Waals surface area contributed by atoms with E-state index in [1.54, 1.807) is 18.2 Å². The Morgan fingerprint density at radius 1 is 0.944 bits per heavy atom. The highest BCUT2D eigenvalue weighted by atomic mass is 16.7. The molecule has 0 fully saturated rings. The van der Waals surface area contributed by atoms with E-state index in [4.69, 9.17) is 23.7 Å². The molecule has 0 atom stereocenters. The summed E-state index contributed by atoms with van der Waals surface area (Å²) in [5.74, 6) is 0.903. The number of ketones is 2. The van der Waals surface area contributed by atoms with E-state index < -0.39 is 19.2 Å². The van der Waals surface area contributed by atoms with Crippen LogP contribution in [0.5, 0.6) is 23.0 Å². The molecule has 0 unspecified atom stereocenters. The fourth-order valence-corrected chi connectivity index (χ4v) is 3.96. The van der Waals surface area contributed by atoms with E-state index in [2.05, 4.69) is 0 Å². The molecule has 9 nitrogen and oxygen atoms in total. The van der Waals surface area contributed by atoms with Gasteiger partial charge in [-0.2, -0.15) is 0 Å². The molecule has 2 heterocycles. The first-order valence-corrected chi connectivity index (χ1v) is 11.3. The summed E-state index contributed by atoms with van der Waals surface area (Å²) in [4.78, 5) is 36.5. The van der Waals surface area contributed by atoms with Crippen molar-refractivity contribution in [2.75, 3.05) is 27.1 Å². The Hall–Kier alpha value is -4.27. The number of Topliss-reactive ketones (excluding diaryl/α,β-unsaturated/α-hetero) is 2. The minimum Gasteiger partial charge on any atom is -0.493 e. The number of rotatable bonds is 10. The maximum absolute atomic E-state index is 12.8. The lowest BCUT2D eigenvalue weighted by atomic mass is 10.1. The Kier molecular flexibility index (Phi) is 7.28. The van der Waals surface area contributed by atoms with Crippen molar-refractivity contribution in [2.24, 2.45) is 0 Å². The Morgan fingerprint density at radius 3 is 2.47 bits per heavy atom. The zero-order chi connectivity index (χ0) is 25.8. The molecular weight excluding hydrogens is 466 g/mol. The number of esters is 1. The summed E-state index contributed by atoms with van der Waals surface area (Å²) in [6.07, 6.45) is 0. The third-order valence-corrected chi connectivity index (χ3v) is 5.93. The molecule has 36 heavy (non-hydrogen) atoms. The van der Waals surface area contributed by atoms with Crippen molar-refractivity contribution in [1.29, 1.82) is 0 Å². The fourth-order valence-electron chi connectivity index (χ4n) is 3.96. The number of hydrogen-bond acceptors (Lipinski definition) is 8. The number of benzene rings is 2. The van der Waals surface area contributed by atoms with Gasteiger partial charge in [0.25, 0.3) is 0 Å². The third kappa shape index (κ3) is 5.35. The van der Waals surface area contributed by atoms with Gasteiger partial charge in [0.2, 0.25) is 12.6 Å². The van der Waals surface area contributed by atoms with Crippen LogP contribution in [0.2, 0.25) is 0 Å². The molecule has 0 saturated carbocycles. The van der Waals surface area contributed by atoms with Crippen molar-refractivity contribution in [3.8, 4) is 23.0 Å². The Bertz CT molecular complexity index is 1320. The van der Waals surface area contributed by atoms with Crippen LogP contribution in [0.4, 0.5) is 0 Å². The highest BCUT2D eigenvalue weighted by Gasteiger charge is 2.19. The summed E-state index contributed by atoms with van der Waals surface area (Å²) >= 11 is 0. The first-order valence-electron chi connectivity index (χ1n) is 11.3. The van der Waals surface area contributed by atoms with Gasteiger partial charge in [-0.3, -0.25) is 9.59 Å². The molecule has 188 valence electrons. The normalized spacial score (nSPS) is 11.8. The molecule has 9 heteroatoms. The maximum atomic E-state index is 12.8. The van der Waals surface area contributed by atoms with Crippen LogP contribution in [0.25, 0.3) is 0 Å². The lowest BCUT2D eigenvalue weighted by Gasteiger charge is -2.12. The number of ether oxygens (including phenoxy) is 5. The summed E-state index contributed by atoms with van der Waals surface area (Å²) in [6, 6.07) is 12.2. The largest absolute Gasteiger partial charge is 0.493 e. The standard InChI is InChI=1S/C27H27NO8/c1-16-9-21(17(2)28(16)12-19-5-7-24-26(10-19)36-15-35-24)22(30)13-34-27(31)14-33-23-8-6-20(18(3)29)11-25(23)32-4/h5-11H,12-15H2,1-4H3. The number of nitrogens with zero attached hydrogens (tertiary/aromatic N) is 1. The number of aryl methyl sites for hydroxylation is 1. The molecule has 0 amide bonds. The molecule has 0 N–H and O–H groups in total. The van der Waals surface area contributed by atoms with Gasteiger partial charge in [-0.05, 0) is 62.7 Å². The van der Waals surface area contributed by atoms with Gasteiger partial charge in [0, 0.05) is 29.1 Å². The van der Waals surface area contributed by atoms with Crippen molar-refractivity contribution in [3.63, 3.8) is 0 Å². The van der Waals surface area contributed by atoms with Crippen LogP contribution in [0, 0.1) is 13.8 Å². The van der Waals surface area contributed by atoms with E-state index >= 15 is 0 Å². The Morgan fingerprint density at radius 2 is 1.72 bits per heavy atom.